The first kappa shape index (κ1) is 16.6. The molecule has 0 aliphatic carbocycles. The summed E-state index contributed by atoms with van der Waals surface area (Å²) in [5.41, 5.74) is 0.348. The van der Waals surface area contributed by atoms with Crippen molar-refractivity contribution in [1.82, 2.24) is 0 Å². The highest BCUT2D eigenvalue weighted by molar-refractivity contribution is 7.87. The molecule has 0 heterocycles. The molecular weight excluding hydrogens is 327 g/mol. The summed E-state index contributed by atoms with van der Waals surface area (Å²) in [4.78, 5) is 12.2. The van der Waals surface area contributed by atoms with Crippen molar-refractivity contribution in [1.29, 1.82) is 0 Å². The Bertz CT molecular complexity index is 666. The zero-order chi connectivity index (χ0) is 16.2. The van der Waals surface area contributed by atoms with Crippen molar-refractivity contribution in [2.75, 3.05) is 7.11 Å². The Morgan fingerprint density at radius 2 is 1.64 bits per heavy atom. The average Bonchev–Trinajstić information content (AvgIpc) is 2.60. The number of hydrogen-bond acceptors (Lipinski definition) is 3. The van der Waals surface area contributed by atoms with Crippen molar-refractivity contribution in [2.24, 2.45) is 0 Å². The number of alkyl halides is 2. The second-order valence-electron chi connectivity index (χ2n) is 4.49. The van der Waals surface area contributed by atoms with Crippen molar-refractivity contribution in [3.63, 3.8) is 0 Å². The molecule has 0 spiro atoms. The van der Waals surface area contributed by atoms with Gasteiger partial charge in [-0.2, -0.15) is 0 Å². The Kier molecular flexibility index (Phi) is 5.32. The van der Waals surface area contributed by atoms with E-state index in [4.69, 9.17) is 11.6 Å². The molecule has 0 saturated carbocycles. The molecule has 22 heavy (non-hydrogen) atoms. The Morgan fingerprint density at radius 3 is 2.14 bits per heavy atom. The van der Waals surface area contributed by atoms with Gasteiger partial charge in [0, 0.05) is 4.90 Å². The molecule has 0 aromatic heterocycles. The normalized spacial score (nSPS) is 16.3. The van der Waals surface area contributed by atoms with E-state index in [9.17, 15) is 9.00 Å². The van der Waals surface area contributed by atoms with Gasteiger partial charge in [0.05, 0.1) is 7.11 Å². The van der Waals surface area contributed by atoms with Crippen LogP contribution in [0.25, 0.3) is 0 Å². The maximum atomic E-state index is 15.4. The highest BCUT2D eigenvalue weighted by Gasteiger charge is 2.54. The van der Waals surface area contributed by atoms with Crippen molar-refractivity contribution in [3.05, 3.63) is 66.2 Å². The van der Waals surface area contributed by atoms with Crippen LogP contribution in [0.3, 0.4) is 0 Å². The topological polar surface area (TPSA) is 43.4 Å². The molecule has 2 unspecified atom stereocenters. The van der Waals surface area contributed by atoms with Crippen LogP contribution in [-0.2, 0) is 20.3 Å². The molecular formula is C16H14ClFO3S. The average molecular weight is 341 g/mol. The minimum Gasteiger partial charge on any atom is -0.466 e. The number of ether oxygens (including phenoxy) is 1. The van der Waals surface area contributed by atoms with Crippen molar-refractivity contribution in [2.45, 2.75) is 15.3 Å². The molecule has 3 atom stereocenters. The fourth-order valence-corrected chi connectivity index (χ4v) is 3.75. The largest absolute Gasteiger partial charge is 0.466 e. The lowest BCUT2D eigenvalue weighted by atomic mass is 10.1. The minimum atomic E-state index is -2.89. The van der Waals surface area contributed by atoms with Gasteiger partial charge in [0.2, 0.25) is 0 Å². The Hall–Kier alpha value is -1.72. The second kappa shape index (κ2) is 7.03. The zero-order valence-electron chi connectivity index (χ0n) is 11.7. The van der Waals surface area contributed by atoms with Crippen molar-refractivity contribution >= 4 is 28.4 Å². The van der Waals surface area contributed by atoms with Gasteiger partial charge in [0.1, 0.15) is 16.2 Å². The number of rotatable bonds is 5. The summed E-state index contributed by atoms with van der Waals surface area (Å²) in [6.07, 6.45) is 0. The SMILES string of the molecule is COC(=O)[C@@](F)(C(Cl)c1ccccc1)S(=O)c1ccccc1. The van der Waals surface area contributed by atoms with Crippen LogP contribution in [0.2, 0.25) is 0 Å². The summed E-state index contributed by atoms with van der Waals surface area (Å²) in [5, 5.41) is -4.33. The van der Waals surface area contributed by atoms with E-state index in [1.807, 2.05) is 0 Å². The standard InChI is InChI=1S/C16H14ClFO3S/c1-21-15(19)16(18,14(17)12-8-4-2-5-9-12)22(20)13-10-6-3-7-11-13/h2-11,14H,1H3/t14?,16-,22?/m1/s1. The third-order valence-corrected chi connectivity index (χ3v) is 5.43. The molecule has 0 radical (unpaired) electrons. The molecule has 0 aliphatic heterocycles. The highest BCUT2D eigenvalue weighted by Crippen LogP contribution is 2.41. The van der Waals surface area contributed by atoms with Crippen LogP contribution >= 0.6 is 11.6 Å². The van der Waals surface area contributed by atoms with E-state index in [1.54, 1.807) is 48.5 Å². The molecule has 0 bridgehead atoms. The predicted octanol–water partition coefficient (Wildman–Crippen LogP) is 3.61. The minimum absolute atomic E-state index is 0.164. The number of halogens is 2. The molecule has 3 nitrogen and oxygen atoms in total. The molecule has 2 aromatic rings. The van der Waals surface area contributed by atoms with Gasteiger partial charge in [0.15, 0.2) is 0 Å². The van der Waals surface area contributed by atoms with Gasteiger partial charge in [-0.3, -0.25) is 4.21 Å². The van der Waals surface area contributed by atoms with Crippen LogP contribution in [0.4, 0.5) is 4.39 Å². The van der Waals surface area contributed by atoms with Crippen LogP contribution in [0.1, 0.15) is 10.9 Å². The molecule has 2 aromatic carbocycles. The number of methoxy groups -OCH3 is 1. The number of benzene rings is 2. The van der Waals surface area contributed by atoms with Crippen LogP contribution in [0.5, 0.6) is 0 Å². The Balaban J connectivity index is 2.49. The highest BCUT2D eigenvalue weighted by atomic mass is 35.5. The van der Waals surface area contributed by atoms with Gasteiger partial charge < -0.3 is 4.74 Å². The third kappa shape index (κ3) is 3.05. The predicted molar refractivity (Wildman–Crippen MR) is 83.7 cm³/mol. The fourth-order valence-electron chi connectivity index (χ4n) is 1.96. The molecule has 116 valence electrons. The Morgan fingerprint density at radius 1 is 1.14 bits per heavy atom. The fraction of sp³-hybridized carbons (Fsp3) is 0.188. The van der Waals surface area contributed by atoms with E-state index in [1.165, 1.54) is 12.1 Å². The van der Waals surface area contributed by atoms with Gasteiger partial charge in [-0.1, -0.05) is 48.5 Å². The van der Waals surface area contributed by atoms with Crippen molar-refractivity contribution < 1.29 is 18.1 Å². The van der Waals surface area contributed by atoms with E-state index in [2.05, 4.69) is 4.74 Å². The Labute approximate surface area is 135 Å². The van der Waals surface area contributed by atoms with Gasteiger partial charge in [0.25, 0.3) is 0 Å². The molecule has 0 saturated heterocycles. The van der Waals surface area contributed by atoms with E-state index in [0.29, 0.717) is 5.56 Å². The van der Waals surface area contributed by atoms with Crippen molar-refractivity contribution in [3.8, 4) is 0 Å². The maximum Gasteiger partial charge on any atom is 0.359 e. The summed E-state index contributed by atoms with van der Waals surface area (Å²) in [7, 11) is -1.29. The van der Waals surface area contributed by atoms with Crippen LogP contribution in [0.15, 0.2) is 65.6 Å². The summed E-state index contributed by atoms with van der Waals surface area (Å²) in [6, 6.07) is 16.1. The molecule has 0 aliphatic rings. The first-order chi connectivity index (χ1) is 10.5. The van der Waals surface area contributed by atoms with Crippen LogP contribution < -0.4 is 0 Å². The molecule has 0 amide bonds. The first-order valence-corrected chi connectivity index (χ1v) is 8.03. The van der Waals surface area contributed by atoms with Gasteiger partial charge in [-0.15, -0.1) is 11.6 Å². The number of hydrogen-bond donors (Lipinski definition) is 0. The van der Waals surface area contributed by atoms with Crippen LogP contribution in [0, 0.1) is 0 Å². The monoisotopic (exact) mass is 340 g/mol. The van der Waals surface area contributed by atoms with E-state index >= 15 is 4.39 Å². The van der Waals surface area contributed by atoms with Gasteiger partial charge in [-0.05, 0) is 17.7 Å². The first-order valence-electron chi connectivity index (χ1n) is 6.45. The second-order valence-corrected chi connectivity index (χ2v) is 6.53. The summed E-state index contributed by atoms with van der Waals surface area (Å²) >= 11 is 6.16. The lowest BCUT2D eigenvalue weighted by Gasteiger charge is -2.26. The smallest absolute Gasteiger partial charge is 0.359 e. The number of carbonyl (C=O) groups excluding carboxylic acids is 1. The maximum absolute atomic E-state index is 15.4. The molecule has 6 heteroatoms. The summed E-state index contributed by atoms with van der Waals surface area (Å²) in [5.74, 6) is -1.27. The van der Waals surface area contributed by atoms with Gasteiger partial charge in [-0.25, -0.2) is 9.18 Å². The van der Waals surface area contributed by atoms with E-state index in [0.717, 1.165) is 7.11 Å². The van der Waals surface area contributed by atoms with Crippen LogP contribution in [-0.4, -0.2) is 22.3 Å². The van der Waals surface area contributed by atoms with E-state index < -0.39 is 27.1 Å². The molecule has 2 rings (SSSR count). The number of carbonyl (C=O) groups is 1. The van der Waals surface area contributed by atoms with Gasteiger partial charge >= 0.3 is 11.0 Å². The molecule has 0 N–H and O–H groups in total. The molecule has 0 fully saturated rings. The summed E-state index contributed by atoms with van der Waals surface area (Å²) < 4.78 is 32.6. The number of esters is 1. The van der Waals surface area contributed by atoms with E-state index in [-0.39, 0.29) is 4.90 Å². The third-order valence-electron chi connectivity index (χ3n) is 3.11. The zero-order valence-corrected chi connectivity index (χ0v) is 13.3. The lowest BCUT2D eigenvalue weighted by molar-refractivity contribution is -0.148. The summed E-state index contributed by atoms with van der Waals surface area (Å²) in [6.45, 7) is 0. The lowest BCUT2D eigenvalue weighted by Crippen LogP contribution is -2.43. The quantitative estimate of drug-likeness (QED) is 0.617.